The van der Waals surface area contributed by atoms with Gasteiger partial charge in [0.05, 0.1) is 0 Å². The summed E-state index contributed by atoms with van der Waals surface area (Å²) in [6, 6.07) is 15.1. The Bertz CT molecular complexity index is 950. The van der Waals surface area contributed by atoms with E-state index in [9.17, 15) is 5.11 Å². The summed E-state index contributed by atoms with van der Waals surface area (Å²) in [5.41, 5.74) is 2.88. The van der Waals surface area contributed by atoms with Crippen molar-refractivity contribution in [2.45, 2.75) is 13.8 Å². The maximum atomic E-state index is 10.7. The Morgan fingerprint density at radius 3 is 2.36 bits per heavy atom. The van der Waals surface area contributed by atoms with E-state index in [2.05, 4.69) is 16.8 Å². The van der Waals surface area contributed by atoms with Gasteiger partial charge in [0.15, 0.2) is 11.5 Å². The molecule has 1 aromatic heterocycles. The summed E-state index contributed by atoms with van der Waals surface area (Å²) < 4.78 is 5.82. The molecule has 2 aromatic carbocycles. The van der Waals surface area contributed by atoms with Crippen molar-refractivity contribution >= 4 is 16.7 Å². The number of allylic oxidation sites excluding steroid dienone is 3. The number of rotatable bonds is 5. The molecular formula is C20H19N3O2. The monoisotopic (exact) mass is 333 g/mol. The van der Waals surface area contributed by atoms with Crippen molar-refractivity contribution in [3.05, 3.63) is 84.3 Å². The van der Waals surface area contributed by atoms with Gasteiger partial charge in [-0.3, -0.25) is 0 Å². The van der Waals surface area contributed by atoms with Crippen molar-refractivity contribution in [1.29, 1.82) is 0 Å². The molecule has 0 saturated carbocycles. The fraction of sp³-hybridized carbons (Fsp3) is 0.100. The summed E-state index contributed by atoms with van der Waals surface area (Å²) in [6.07, 6.45) is 3.18. The van der Waals surface area contributed by atoms with Crippen LogP contribution in [0.25, 0.3) is 16.7 Å². The average Bonchev–Trinajstić information content (AvgIpc) is 3.03. The maximum absolute atomic E-state index is 10.7. The fourth-order valence-corrected chi connectivity index (χ4v) is 2.42. The summed E-state index contributed by atoms with van der Waals surface area (Å²) in [6.45, 7) is 7.53. The molecule has 0 amide bonds. The minimum atomic E-state index is -0.0840. The van der Waals surface area contributed by atoms with Gasteiger partial charge in [-0.1, -0.05) is 30.8 Å². The van der Waals surface area contributed by atoms with Crippen molar-refractivity contribution in [3.8, 4) is 5.75 Å². The van der Waals surface area contributed by atoms with E-state index in [1.807, 2.05) is 55.5 Å². The topological polar surface area (TPSA) is 60.2 Å². The minimum Gasteiger partial charge on any atom is -0.503 e. The van der Waals surface area contributed by atoms with Gasteiger partial charge in [-0.25, -0.2) is 0 Å². The molecular weight excluding hydrogens is 314 g/mol. The van der Waals surface area contributed by atoms with Crippen LogP contribution in [0.15, 0.2) is 78.8 Å². The fourth-order valence-electron chi connectivity index (χ4n) is 2.42. The molecule has 0 aliphatic heterocycles. The van der Waals surface area contributed by atoms with E-state index in [0.29, 0.717) is 17.2 Å². The Morgan fingerprint density at radius 1 is 1.12 bits per heavy atom. The molecule has 0 aliphatic carbocycles. The van der Waals surface area contributed by atoms with Crippen molar-refractivity contribution in [2.75, 3.05) is 0 Å². The number of ether oxygens (including phenoxy) is 1. The molecule has 0 spiro atoms. The molecule has 3 rings (SSSR count). The Labute approximate surface area is 146 Å². The summed E-state index contributed by atoms with van der Waals surface area (Å²) in [5, 5.41) is 19.4. The number of aryl methyl sites for hydroxylation is 1. The van der Waals surface area contributed by atoms with Gasteiger partial charge in [-0.2, -0.15) is 0 Å². The number of aliphatic hydroxyl groups is 1. The van der Waals surface area contributed by atoms with Crippen LogP contribution in [0.2, 0.25) is 0 Å². The molecule has 0 aliphatic rings. The summed E-state index contributed by atoms with van der Waals surface area (Å²) in [5.74, 6) is 0.864. The first-order chi connectivity index (χ1) is 12.1. The minimum absolute atomic E-state index is 0.0840. The van der Waals surface area contributed by atoms with Crippen LogP contribution >= 0.6 is 0 Å². The van der Waals surface area contributed by atoms with Crippen LogP contribution in [0.5, 0.6) is 5.75 Å². The lowest BCUT2D eigenvalue weighted by Gasteiger charge is -2.12. The van der Waals surface area contributed by atoms with Crippen LogP contribution in [0.1, 0.15) is 12.5 Å². The molecule has 0 radical (unpaired) electrons. The molecule has 5 nitrogen and oxygen atoms in total. The number of hydrogen-bond acceptors (Lipinski definition) is 4. The van der Waals surface area contributed by atoms with E-state index in [4.69, 9.17) is 4.74 Å². The normalized spacial score (nSPS) is 12.8. The largest absolute Gasteiger partial charge is 0.503 e. The summed E-state index contributed by atoms with van der Waals surface area (Å²) in [4.78, 5) is 1.36. The third kappa shape index (κ3) is 3.45. The zero-order chi connectivity index (χ0) is 17.8. The third-order valence-corrected chi connectivity index (χ3v) is 3.65. The Balaban J connectivity index is 2.00. The zero-order valence-electron chi connectivity index (χ0n) is 14.2. The molecule has 126 valence electrons. The summed E-state index contributed by atoms with van der Waals surface area (Å²) in [7, 11) is 0. The van der Waals surface area contributed by atoms with Gasteiger partial charge < -0.3 is 9.84 Å². The van der Waals surface area contributed by atoms with Crippen molar-refractivity contribution in [1.82, 2.24) is 15.0 Å². The lowest BCUT2D eigenvalue weighted by Crippen LogP contribution is -2.07. The molecule has 0 unspecified atom stereocenters. The molecule has 1 heterocycles. The summed E-state index contributed by atoms with van der Waals surface area (Å²) >= 11 is 0. The SMILES string of the molecule is C=C/C(=C(O)\C(=C/C)Oc1cccc(C)c1)n1nc2ccccc2n1. The van der Waals surface area contributed by atoms with Crippen molar-refractivity contribution < 1.29 is 9.84 Å². The smallest absolute Gasteiger partial charge is 0.186 e. The van der Waals surface area contributed by atoms with Crippen LogP contribution in [-0.4, -0.2) is 20.1 Å². The molecule has 5 heteroatoms. The van der Waals surface area contributed by atoms with Crippen molar-refractivity contribution in [2.24, 2.45) is 0 Å². The van der Waals surface area contributed by atoms with Crippen molar-refractivity contribution in [3.63, 3.8) is 0 Å². The van der Waals surface area contributed by atoms with E-state index >= 15 is 0 Å². The molecule has 0 fully saturated rings. The van der Waals surface area contributed by atoms with Crippen LogP contribution in [-0.2, 0) is 0 Å². The number of nitrogens with zero attached hydrogens (tertiary/aromatic N) is 3. The van der Waals surface area contributed by atoms with Crippen LogP contribution in [0.3, 0.4) is 0 Å². The first-order valence-corrected chi connectivity index (χ1v) is 7.91. The lowest BCUT2D eigenvalue weighted by atomic mass is 10.2. The number of aromatic nitrogens is 3. The first kappa shape index (κ1) is 16.5. The van der Waals surface area contributed by atoms with Gasteiger partial charge in [0, 0.05) is 0 Å². The number of aliphatic hydroxyl groups excluding tert-OH is 1. The quantitative estimate of drug-likeness (QED) is 0.546. The average molecular weight is 333 g/mol. The van der Waals surface area contributed by atoms with Gasteiger partial charge >= 0.3 is 0 Å². The number of fused-ring (bicyclic) bond motifs is 1. The van der Waals surface area contributed by atoms with E-state index in [-0.39, 0.29) is 5.76 Å². The Hall–Kier alpha value is -3.34. The number of benzene rings is 2. The van der Waals surface area contributed by atoms with Gasteiger partial charge in [0.2, 0.25) is 0 Å². The lowest BCUT2D eigenvalue weighted by molar-refractivity contribution is 0.336. The zero-order valence-corrected chi connectivity index (χ0v) is 14.2. The predicted octanol–water partition coefficient (Wildman–Crippen LogP) is 4.64. The predicted molar refractivity (Wildman–Crippen MR) is 99.1 cm³/mol. The Morgan fingerprint density at radius 2 is 1.80 bits per heavy atom. The molecule has 3 aromatic rings. The van der Waals surface area contributed by atoms with E-state index in [1.54, 1.807) is 13.0 Å². The first-order valence-electron chi connectivity index (χ1n) is 7.91. The molecule has 25 heavy (non-hydrogen) atoms. The van der Waals surface area contributed by atoms with Gasteiger partial charge in [0.1, 0.15) is 22.5 Å². The third-order valence-electron chi connectivity index (χ3n) is 3.65. The second kappa shape index (κ2) is 7.05. The standard InChI is InChI=1S/C20H19N3O2/c1-4-18(23-21-16-11-6-7-12-17(16)22-23)20(24)19(5-2)25-15-10-8-9-14(3)13-15/h4-13,24H,1H2,2-3H3/b19-5+,20-18-. The van der Waals surface area contributed by atoms with E-state index in [1.165, 1.54) is 10.9 Å². The molecule has 0 saturated heterocycles. The number of hydrogen-bond donors (Lipinski definition) is 1. The highest BCUT2D eigenvalue weighted by Gasteiger charge is 2.15. The van der Waals surface area contributed by atoms with Crippen LogP contribution < -0.4 is 4.74 Å². The van der Waals surface area contributed by atoms with E-state index in [0.717, 1.165) is 16.6 Å². The highest BCUT2D eigenvalue weighted by atomic mass is 16.5. The Kier molecular flexibility index (Phi) is 4.66. The van der Waals surface area contributed by atoms with E-state index < -0.39 is 0 Å². The molecule has 1 N–H and O–H groups in total. The maximum Gasteiger partial charge on any atom is 0.186 e. The van der Waals surface area contributed by atoms with Crippen LogP contribution in [0, 0.1) is 6.92 Å². The highest BCUT2D eigenvalue weighted by molar-refractivity contribution is 5.75. The van der Waals surface area contributed by atoms with Crippen LogP contribution in [0.4, 0.5) is 0 Å². The van der Waals surface area contributed by atoms with Gasteiger partial charge in [-0.05, 0) is 55.8 Å². The molecule has 0 atom stereocenters. The second-order valence-corrected chi connectivity index (χ2v) is 5.49. The molecule has 0 bridgehead atoms. The second-order valence-electron chi connectivity index (χ2n) is 5.49. The highest BCUT2D eigenvalue weighted by Crippen LogP contribution is 2.23. The van der Waals surface area contributed by atoms with Gasteiger partial charge in [0.25, 0.3) is 0 Å². The van der Waals surface area contributed by atoms with Gasteiger partial charge in [-0.15, -0.1) is 15.0 Å².